The van der Waals surface area contributed by atoms with Crippen LogP contribution in [0.25, 0.3) is 10.9 Å². The van der Waals surface area contributed by atoms with Gasteiger partial charge in [-0.05, 0) is 49.9 Å². The molecule has 5 rings (SSSR count). The molecule has 7 nitrogen and oxygen atoms in total. The number of rotatable bonds is 6. The summed E-state index contributed by atoms with van der Waals surface area (Å²) in [6.07, 6.45) is 3.69. The van der Waals surface area contributed by atoms with Crippen LogP contribution < -0.4 is 19.7 Å². The van der Waals surface area contributed by atoms with Crippen LogP contribution in [0.4, 0.5) is 11.5 Å². The molecule has 0 radical (unpaired) electrons. The Bertz CT molecular complexity index is 1240. The third-order valence-corrected chi connectivity index (χ3v) is 7.23. The van der Waals surface area contributed by atoms with Gasteiger partial charge in [-0.1, -0.05) is 23.2 Å². The number of aromatic nitrogens is 2. The van der Waals surface area contributed by atoms with Crippen molar-refractivity contribution in [1.29, 1.82) is 0 Å². The third kappa shape index (κ3) is 4.59. The molecule has 1 amide bonds. The van der Waals surface area contributed by atoms with E-state index in [0.717, 1.165) is 61.3 Å². The monoisotopic (exact) mass is 500 g/mol. The standard InChI is InChI=1S/C25H26Cl2N4O3/c1-33-21-12-17-20(13-22(21)34-2)29-23(14-3-4-14)30-24(17)31-9-7-15(8-10-31)25(32)28-16-5-6-18(26)19(27)11-16/h5-6,11-15H,3-4,7-10H2,1-2H3,(H,28,32). The average Bonchev–Trinajstić information content (AvgIpc) is 3.70. The Morgan fingerprint density at radius 1 is 0.971 bits per heavy atom. The zero-order valence-electron chi connectivity index (χ0n) is 19.1. The summed E-state index contributed by atoms with van der Waals surface area (Å²) in [4.78, 5) is 24.9. The van der Waals surface area contributed by atoms with Crippen molar-refractivity contribution in [1.82, 2.24) is 9.97 Å². The van der Waals surface area contributed by atoms with Gasteiger partial charge in [-0.2, -0.15) is 0 Å². The van der Waals surface area contributed by atoms with Crippen molar-refractivity contribution in [3.05, 3.63) is 46.2 Å². The summed E-state index contributed by atoms with van der Waals surface area (Å²) in [6, 6.07) is 8.98. The van der Waals surface area contributed by atoms with E-state index < -0.39 is 0 Å². The van der Waals surface area contributed by atoms with Crippen molar-refractivity contribution in [3.8, 4) is 11.5 Å². The molecule has 1 saturated carbocycles. The van der Waals surface area contributed by atoms with Crippen LogP contribution >= 0.6 is 23.2 Å². The molecule has 34 heavy (non-hydrogen) atoms. The van der Waals surface area contributed by atoms with Crippen LogP contribution in [0.2, 0.25) is 10.0 Å². The van der Waals surface area contributed by atoms with Crippen molar-refractivity contribution in [2.75, 3.05) is 37.5 Å². The number of hydrogen-bond acceptors (Lipinski definition) is 6. The molecule has 2 fully saturated rings. The average molecular weight is 501 g/mol. The lowest BCUT2D eigenvalue weighted by Gasteiger charge is -2.33. The highest BCUT2D eigenvalue weighted by atomic mass is 35.5. The molecule has 2 heterocycles. The molecule has 1 aliphatic heterocycles. The lowest BCUT2D eigenvalue weighted by atomic mass is 9.95. The van der Waals surface area contributed by atoms with E-state index in [2.05, 4.69) is 10.2 Å². The van der Waals surface area contributed by atoms with Gasteiger partial charge in [-0.3, -0.25) is 4.79 Å². The maximum atomic E-state index is 12.9. The first-order valence-corrected chi connectivity index (χ1v) is 12.2. The first kappa shape index (κ1) is 23.0. The summed E-state index contributed by atoms with van der Waals surface area (Å²) in [7, 11) is 3.25. The van der Waals surface area contributed by atoms with Crippen LogP contribution in [0.15, 0.2) is 30.3 Å². The molecule has 2 aliphatic rings. The topological polar surface area (TPSA) is 76.6 Å². The molecule has 1 saturated heterocycles. The van der Waals surface area contributed by atoms with Crippen molar-refractivity contribution >= 4 is 51.5 Å². The number of nitrogens with one attached hydrogen (secondary N) is 1. The maximum absolute atomic E-state index is 12.9. The fourth-order valence-electron chi connectivity index (χ4n) is 4.39. The maximum Gasteiger partial charge on any atom is 0.227 e. The summed E-state index contributed by atoms with van der Waals surface area (Å²) in [5, 5.41) is 4.78. The number of hydrogen-bond donors (Lipinski definition) is 1. The fraction of sp³-hybridized carbons (Fsp3) is 0.400. The molecule has 3 aromatic rings. The van der Waals surface area contributed by atoms with Gasteiger partial charge < -0.3 is 19.7 Å². The normalized spacial score (nSPS) is 16.5. The van der Waals surface area contributed by atoms with Gasteiger partial charge in [0.05, 0.1) is 29.8 Å². The minimum Gasteiger partial charge on any atom is -0.493 e. The highest BCUT2D eigenvalue weighted by Gasteiger charge is 2.31. The Morgan fingerprint density at radius 2 is 1.68 bits per heavy atom. The van der Waals surface area contributed by atoms with E-state index in [-0.39, 0.29) is 11.8 Å². The van der Waals surface area contributed by atoms with E-state index in [1.165, 1.54) is 0 Å². The second-order valence-corrected chi connectivity index (χ2v) is 9.60. The Labute approximate surface area is 208 Å². The van der Waals surface area contributed by atoms with E-state index in [1.807, 2.05) is 12.1 Å². The number of ether oxygens (including phenoxy) is 2. The number of piperidine rings is 1. The third-order valence-electron chi connectivity index (χ3n) is 6.49. The summed E-state index contributed by atoms with van der Waals surface area (Å²) in [6.45, 7) is 1.45. The molecule has 1 N–H and O–H groups in total. The van der Waals surface area contributed by atoms with Gasteiger partial charge in [0.1, 0.15) is 11.6 Å². The number of benzene rings is 2. The molecule has 178 valence electrons. The van der Waals surface area contributed by atoms with Crippen LogP contribution in [0.5, 0.6) is 11.5 Å². The van der Waals surface area contributed by atoms with Crippen LogP contribution in [0.3, 0.4) is 0 Å². The zero-order valence-corrected chi connectivity index (χ0v) is 20.6. The number of fused-ring (bicyclic) bond motifs is 1. The first-order valence-electron chi connectivity index (χ1n) is 11.4. The highest BCUT2D eigenvalue weighted by Crippen LogP contribution is 2.42. The van der Waals surface area contributed by atoms with Crippen LogP contribution in [-0.4, -0.2) is 43.2 Å². The lowest BCUT2D eigenvalue weighted by molar-refractivity contribution is -0.120. The van der Waals surface area contributed by atoms with Crippen molar-refractivity contribution in [2.45, 2.75) is 31.6 Å². The highest BCUT2D eigenvalue weighted by molar-refractivity contribution is 6.42. The van der Waals surface area contributed by atoms with E-state index in [0.29, 0.717) is 33.1 Å². The number of halogens is 2. The van der Waals surface area contributed by atoms with E-state index >= 15 is 0 Å². The molecule has 1 aliphatic carbocycles. The summed E-state index contributed by atoms with van der Waals surface area (Å²) in [5.41, 5.74) is 1.50. The number of amides is 1. The molecular formula is C25H26Cl2N4O3. The molecule has 0 bridgehead atoms. The predicted octanol–water partition coefficient (Wildman–Crippen LogP) is 5.69. The van der Waals surface area contributed by atoms with Gasteiger partial charge in [0, 0.05) is 42.1 Å². The number of nitrogens with zero attached hydrogens (tertiary/aromatic N) is 3. The molecule has 9 heteroatoms. The quantitative estimate of drug-likeness (QED) is 0.468. The number of carbonyl (C=O) groups excluding carboxylic acids is 1. The summed E-state index contributed by atoms with van der Waals surface area (Å²) < 4.78 is 11.0. The lowest BCUT2D eigenvalue weighted by Crippen LogP contribution is -2.38. The second-order valence-electron chi connectivity index (χ2n) is 8.78. The van der Waals surface area contributed by atoms with E-state index in [1.54, 1.807) is 32.4 Å². The second kappa shape index (κ2) is 9.47. The van der Waals surface area contributed by atoms with Crippen molar-refractivity contribution in [3.63, 3.8) is 0 Å². The SMILES string of the molecule is COc1cc2nc(C3CC3)nc(N3CCC(C(=O)Nc4ccc(Cl)c(Cl)c4)CC3)c2cc1OC. The van der Waals surface area contributed by atoms with Gasteiger partial charge in [-0.25, -0.2) is 9.97 Å². The minimum absolute atomic E-state index is 0.00402. The van der Waals surface area contributed by atoms with Gasteiger partial charge in [0.25, 0.3) is 0 Å². The predicted molar refractivity (Wildman–Crippen MR) is 135 cm³/mol. The molecule has 2 aromatic carbocycles. The Hall–Kier alpha value is -2.77. The van der Waals surface area contributed by atoms with Crippen LogP contribution in [-0.2, 0) is 4.79 Å². The molecule has 0 unspecified atom stereocenters. The van der Waals surface area contributed by atoms with Crippen LogP contribution in [0.1, 0.15) is 37.4 Å². The van der Waals surface area contributed by atoms with E-state index in [9.17, 15) is 4.79 Å². The van der Waals surface area contributed by atoms with Gasteiger partial charge in [0.2, 0.25) is 5.91 Å². The number of anilines is 2. The molecular weight excluding hydrogens is 475 g/mol. The van der Waals surface area contributed by atoms with Gasteiger partial charge in [0.15, 0.2) is 11.5 Å². The largest absolute Gasteiger partial charge is 0.493 e. The Balaban J connectivity index is 1.36. The fourth-order valence-corrected chi connectivity index (χ4v) is 4.69. The smallest absolute Gasteiger partial charge is 0.227 e. The zero-order chi connectivity index (χ0) is 23.8. The van der Waals surface area contributed by atoms with E-state index in [4.69, 9.17) is 42.6 Å². The summed E-state index contributed by atoms with van der Waals surface area (Å²) >= 11 is 12.1. The Morgan fingerprint density at radius 3 is 2.32 bits per heavy atom. The minimum atomic E-state index is -0.0867. The van der Waals surface area contributed by atoms with Crippen molar-refractivity contribution < 1.29 is 14.3 Å². The van der Waals surface area contributed by atoms with Crippen LogP contribution in [0, 0.1) is 5.92 Å². The van der Waals surface area contributed by atoms with Gasteiger partial charge in [-0.15, -0.1) is 0 Å². The van der Waals surface area contributed by atoms with Gasteiger partial charge >= 0.3 is 0 Å². The molecule has 0 atom stereocenters. The number of methoxy groups -OCH3 is 2. The molecule has 0 spiro atoms. The Kier molecular flexibility index (Phi) is 6.40. The first-order chi connectivity index (χ1) is 16.5. The van der Waals surface area contributed by atoms with Crippen molar-refractivity contribution in [2.24, 2.45) is 5.92 Å². The summed E-state index contributed by atoms with van der Waals surface area (Å²) in [5.74, 6) is 3.41. The number of carbonyl (C=O) groups is 1. The molecule has 1 aromatic heterocycles.